The molecule has 0 radical (unpaired) electrons. The summed E-state index contributed by atoms with van der Waals surface area (Å²) in [6.07, 6.45) is 2.60. The van der Waals surface area contributed by atoms with Crippen molar-refractivity contribution in [2.75, 3.05) is 16.3 Å². The van der Waals surface area contributed by atoms with E-state index >= 15 is 0 Å². The quantitative estimate of drug-likeness (QED) is 0.381. The predicted molar refractivity (Wildman–Crippen MR) is 121 cm³/mol. The fourth-order valence-corrected chi connectivity index (χ4v) is 3.65. The Kier molecular flexibility index (Phi) is 5.61. The van der Waals surface area contributed by atoms with Crippen LogP contribution >= 0.6 is 0 Å². The molecule has 3 aromatic carbocycles. The number of hydrogen-bond acceptors (Lipinski definition) is 7. The van der Waals surface area contributed by atoms with Gasteiger partial charge in [0.25, 0.3) is 0 Å². The van der Waals surface area contributed by atoms with E-state index in [0.717, 1.165) is 11.6 Å². The Morgan fingerprint density at radius 3 is 2.56 bits per heavy atom. The molecule has 0 aliphatic carbocycles. The number of carbonyl (C=O) groups is 1. The molecule has 0 aliphatic heterocycles. The SMILES string of the molecule is CS(=O)(=O)Nc1cccc(Nc2nccc(Oc3ccc4c(C(=O)O)cccc4c3)n2)c1. The van der Waals surface area contributed by atoms with Crippen LogP contribution in [0.5, 0.6) is 11.6 Å². The molecule has 9 nitrogen and oxygen atoms in total. The minimum absolute atomic E-state index is 0.218. The summed E-state index contributed by atoms with van der Waals surface area (Å²) in [5, 5.41) is 13.7. The molecule has 4 rings (SSSR count). The zero-order chi connectivity index (χ0) is 22.7. The van der Waals surface area contributed by atoms with Gasteiger partial charge in [0, 0.05) is 18.0 Å². The van der Waals surface area contributed by atoms with Crippen molar-refractivity contribution in [3.05, 3.63) is 78.5 Å². The lowest BCUT2D eigenvalue weighted by Crippen LogP contribution is -2.09. The van der Waals surface area contributed by atoms with Crippen LogP contribution in [0.3, 0.4) is 0 Å². The predicted octanol–water partition coefficient (Wildman–Crippen LogP) is 4.24. The highest BCUT2D eigenvalue weighted by Crippen LogP contribution is 2.27. The van der Waals surface area contributed by atoms with Gasteiger partial charge < -0.3 is 15.2 Å². The molecule has 162 valence electrons. The van der Waals surface area contributed by atoms with Crippen LogP contribution in [-0.4, -0.2) is 35.7 Å². The number of rotatable bonds is 7. The van der Waals surface area contributed by atoms with Crippen LogP contribution in [0.15, 0.2) is 72.9 Å². The van der Waals surface area contributed by atoms with Gasteiger partial charge in [-0.2, -0.15) is 4.98 Å². The summed E-state index contributed by atoms with van der Waals surface area (Å²) < 4.78 is 31.1. The van der Waals surface area contributed by atoms with Crippen molar-refractivity contribution in [3.8, 4) is 11.6 Å². The van der Waals surface area contributed by atoms with E-state index in [1.54, 1.807) is 66.7 Å². The summed E-state index contributed by atoms with van der Waals surface area (Å²) in [5.41, 5.74) is 1.21. The molecule has 0 bridgehead atoms. The third kappa shape index (κ3) is 5.10. The van der Waals surface area contributed by atoms with E-state index in [9.17, 15) is 18.3 Å². The molecular weight excluding hydrogens is 432 g/mol. The number of hydrogen-bond donors (Lipinski definition) is 3. The third-order valence-corrected chi connectivity index (χ3v) is 4.96. The van der Waals surface area contributed by atoms with Crippen molar-refractivity contribution < 1.29 is 23.1 Å². The lowest BCUT2D eigenvalue weighted by molar-refractivity contribution is 0.0699. The van der Waals surface area contributed by atoms with Crippen molar-refractivity contribution in [1.29, 1.82) is 0 Å². The van der Waals surface area contributed by atoms with Gasteiger partial charge in [-0.05, 0) is 53.2 Å². The van der Waals surface area contributed by atoms with Crippen LogP contribution in [0.2, 0.25) is 0 Å². The summed E-state index contributed by atoms with van der Waals surface area (Å²) in [7, 11) is -3.39. The van der Waals surface area contributed by atoms with Gasteiger partial charge in [0.05, 0.1) is 17.5 Å². The first-order chi connectivity index (χ1) is 15.3. The number of aromatic carboxylic acids is 1. The molecule has 4 aromatic rings. The van der Waals surface area contributed by atoms with Crippen molar-refractivity contribution in [2.45, 2.75) is 0 Å². The number of anilines is 3. The topological polar surface area (TPSA) is 131 Å². The van der Waals surface area contributed by atoms with Crippen LogP contribution in [-0.2, 0) is 10.0 Å². The number of aromatic nitrogens is 2. The van der Waals surface area contributed by atoms with Crippen molar-refractivity contribution in [3.63, 3.8) is 0 Å². The molecule has 0 saturated carbocycles. The van der Waals surface area contributed by atoms with Gasteiger partial charge in [-0.1, -0.05) is 18.2 Å². The Morgan fingerprint density at radius 1 is 1.00 bits per heavy atom. The maximum atomic E-state index is 11.4. The van der Waals surface area contributed by atoms with E-state index in [-0.39, 0.29) is 17.4 Å². The molecule has 0 amide bonds. The minimum Gasteiger partial charge on any atom is -0.478 e. The van der Waals surface area contributed by atoms with Crippen LogP contribution in [0.4, 0.5) is 17.3 Å². The molecule has 3 N–H and O–H groups in total. The Balaban J connectivity index is 1.54. The number of nitrogens with one attached hydrogen (secondary N) is 2. The van der Waals surface area contributed by atoms with Crippen LogP contribution < -0.4 is 14.8 Å². The number of carboxylic acids is 1. The Labute approximate surface area is 183 Å². The van der Waals surface area contributed by atoms with Gasteiger partial charge in [-0.3, -0.25) is 4.72 Å². The molecular formula is C22H18N4O5S. The molecule has 0 atom stereocenters. The normalized spacial score (nSPS) is 11.2. The fraction of sp³-hybridized carbons (Fsp3) is 0.0455. The molecule has 10 heteroatoms. The first-order valence-electron chi connectivity index (χ1n) is 9.39. The van der Waals surface area contributed by atoms with Crippen LogP contribution in [0.25, 0.3) is 10.8 Å². The Bertz CT molecular complexity index is 1420. The second kappa shape index (κ2) is 8.52. The molecule has 0 spiro atoms. The molecule has 0 unspecified atom stereocenters. The zero-order valence-electron chi connectivity index (χ0n) is 16.8. The highest BCUT2D eigenvalue weighted by molar-refractivity contribution is 7.92. The highest BCUT2D eigenvalue weighted by Gasteiger charge is 2.10. The minimum atomic E-state index is -3.39. The number of fused-ring (bicyclic) bond motifs is 1. The summed E-state index contributed by atoms with van der Waals surface area (Å²) in [5.74, 6) is 0.0326. The van der Waals surface area contributed by atoms with E-state index in [0.29, 0.717) is 22.5 Å². The van der Waals surface area contributed by atoms with Crippen molar-refractivity contribution in [1.82, 2.24) is 9.97 Å². The van der Waals surface area contributed by atoms with Crippen molar-refractivity contribution in [2.24, 2.45) is 0 Å². The molecule has 1 heterocycles. The number of nitrogens with zero attached hydrogens (tertiary/aromatic N) is 2. The summed E-state index contributed by atoms with van der Waals surface area (Å²) >= 11 is 0. The third-order valence-electron chi connectivity index (χ3n) is 4.36. The second-order valence-corrected chi connectivity index (χ2v) is 8.64. The van der Waals surface area contributed by atoms with Crippen LogP contribution in [0, 0.1) is 0 Å². The van der Waals surface area contributed by atoms with E-state index in [1.165, 1.54) is 6.20 Å². The number of carboxylic acid groups (broad SMARTS) is 1. The van der Waals surface area contributed by atoms with Gasteiger partial charge in [0.15, 0.2) is 0 Å². The average Bonchev–Trinajstić information content (AvgIpc) is 2.72. The van der Waals surface area contributed by atoms with E-state index in [2.05, 4.69) is 20.0 Å². The van der Waals surface area contributed by atoms with Gasteiger partial charge in [-0.15, -0.1) is 0 Å². The molecule has 1 aromatic heterocycles. The largest absolute Gasteiger partial charge is 0.478 e. The smallest absolute Gasteiger partial charge is 0.336 e. The number of sulfonamides is 1. The highest BCUT2D eigenvalue weighted by atomic mass is 32.2. The number of benzene rings is 3. The zero-order valence-corrected chi connectivity index (χ0v) is 17.6. The molecule has 0 saturated heterocycles. The second-order valence-electron chi connectivity index (χ2n) is 6.89. The van der Waals surface area contributed by atoms with Gasteiger partial charge in [0.2, 0.25) is 21.9 Å². The van der Waals surface area contributed by atoms with E-state index in [4.69, 9.17) is 4.74 Å². The lowest BCUT2D eigenvalue weighted by Gasteiger charge is -2.10. The first kappa shape index (κ1) is 21.1. The van der Waals surface area contributed by atoms with Gasteiger partial charge >= 0.3 is 5.97 Å². The maximum Gasteiger partial charge on any atom is 0.336 e. The Morgan fingerprint density at radius 2 is 1.78 bits per heavy atom. The summed E-state index contributed by atoms with van der Waals surface area (Å²) in [6.45, 7) is 0. The lowest BCUT2D eigenvalue weighted by atomic mass is 10.0. The molecule has 0 fully saturated rings. The standard InChI is InChI=1S/C22H18N4O5S/c1-32(29,30)26-16-6-3-5-15(13-16)24-22-23-11-10-20(25-22)31-17-8-9-18-14(12-17)4-2-7-19(18)21(27)28/h2-13,26H,1H3,(H,27,28)(H,23,24,25). The van der Waals surface area contributed by atoms with Crippen molar-refractivity contribution >= 4 is 44.1 Å². The average molecular weight is 450 g/mol. The van der Waals surface area contributed by atoms with Gasteiger partial charge in [0.1, 0.15) is 5.75 Å². The number of ether oxygens (including phenoxy) is 1. The maximum absolute atomic E-state index is 11.4. The van der Waals surface area contributed by atoms with E-state index < -0.39 is 16.0 Å². The van der Waals surface area contributed by atoms with E-state index in [1.807, 2.05) is 0 Å². The summed E-state index contributed by atoms with van der Waals surface area (Å²) in [6, 6.07) is 18.4. The summed E-state index contributed by atoms with van der Waals surface area (Å²) in [4.78, 5) is 19.9. The van der Waals surface area contributed by atoms with Gasteiger partial charge in [-0.25, -0.2) is 18.2 Å². The molecule has 0 aliphatic rings. The monoisotopic (exact) mass is 450 g/mol. The molecule has 32 heavy (non-hydrogen) atoms. The Hall–Kier alpha value is -4.18. The fourth-order valence-electron chi connectivity index (χ4n) is 3.10. The van der Waals surface area contributed by atoms with Crippen LogP contribution in [0.1, 0.15) is 10.4 Å². The first-order valence-corrected chi connectivity index (χ1v) is 11.3.